The van der Waals surface area contributed by atoms with Crippen molar-refractivity contribution in [3.63, 3.8) is 0 Å². The molecule has 0 saturated heterocycles. The van der Waals surface area contributed by atoms with Gasteiger partial charge >= 0.3 is 0 Å². The molecule has 1 aliphatic rings. The highest BCUT2D eigenvalue weighted by molar-refractivity contribution is 5.49. The molecule has 1 aliphatic carbocycles. The van der Waals surface area contributed by atoms with E-state index in [2.05, 4.69) is 5.92 Å². The lowest BCUT2D eigenvalue weighted by molar-refractivity contribution is 0.376. The number of methoxy groups -OCH3 is 1. The Bertz CT molecular complexity index is 442. The standard InChI is InChI=1S/C12H10F2O/c1-3-12(4-5-12)9-6-8(13)7-10(14)11(9)15-2/h1,6-7H,4-5H2,2H3. The fourth-order valence-corrected chi connectivity index (χ4v) is 1.74. The second-order valence-corrected chi connectivity index (χ2v) is 3.69. The summed E-state index contributed by atoms with van der Waals surface area (Å²) in [5.74, 6) is 1.33. The largest absolute Gasteiger partial charge is 0.493 e. The highest BCUT2D eigenvalue weighted by Crippen LogP contribution is 2.51. The van der Waals surface area contributed by atoms with Crippen LogP contribution in [0.2, 0.25) is 0 Å². The molecule has 1 fully saturated rings. The first-order chi connectivity index (χ1) is 7.13. The third-order valence-electron chi connectivity index (χ3n) is 2.75. The van der Waals surface area contributed by atoms with Gasteiger partial charge in [-0.05, 0) is 18.9 Å². The maximum Gasteiger partial charge on any atom is 0.168 e. The van der Waals surface area contributed by atoms with Crippen LogP contribution in [0.4, 0.5) is 8.78 Å². The van der Waals surface area contributed by atoms with Gasteiger partial charge in [-0.15, -0.1) is 6.42 Å². The molecule has 2 rings (SSSR count). The summed E-state index contributed by atoms with van der Waals surface area (Å²) in [5.41, 5.74) is -0.0705. The Labute approximate surface area is 87.1 Å². The van der Waals surface area contributed by atoms with E-state index in [1.165, 1.54) is 13.2 Å². The van der Waals surface area contributed by atoms with Crippen molar-refractivity contribution < 1.29 is 13.5 Å². The average Bonchev–Trinajstić information content (AvgIpc) is 2.97. The fraction of sp³-hybridized carbons (Fsp3) is 0.333. The molecule has 0 N–H and O–H groups in total. The lowest BCUT2D eigenvalue weighted by atomic mass is 9.95. The van der Waals surface area contributed by atoms with E-state index in [0.29, 0.717) is 5.56 Å². The van der Waals surface area contributed by atoms with Crippen LogP contribution >= 0.6 is 0 Å². The van der Waals surface area contributed by atoms with E-state index >= 15 is 0 Å². The lowest BCUT2D eigenvalue weighted by Crippen LogP contribution is -2.07. The third-order valence-corrected chi connectivity index (χ3v) is 2.75. The predicted molar refractivity (Wildman–Crippen MR) is 52.7 cm³/mol. The van der Waals surface area contributed by atoms with Gasteiger partial charge in [-0.1, -0.05) is 5.92 Å². The molecular formula is C12H10F2O. The smallest absolute Gasteiger partial charge is 0.168 e. The second kappa shape index (κ2) is 3.23. The molecule has 1 saturated carbocycles. The van der Waals surface area contributed by atoms with Crippen molar-refractivity contribution in [2.24, 2.45) is 0 Å². The van der Waals surface area contributed by atoms with Crippen LogP contribution in [0.3, 0.4) is 0 Å². The quantitative estimate of drug-likeness (QED) is 0.679. The van der Waals surface area contributed by atoms with Gasteiger partial charge < -0.3 is 4.74 Å². The van der Waals surface area contributed by atoms with Crippen LogP contribution in [0.25, 0.3) is 0 Å². The topological polar surface area (TPSA) is 9.23 Å². The van der Waals surface area contributed by atoms with Crippen LogP contribution in [-0.2, 0) is 5.41 Å². The van der Waals surface area contributed by atoms with E-state index in [-0.39, 0.29) is 5.75 Å². The normalized spacial score (nSPS) is 16.9. The summed E-state index contributed by atoms with van der Waals surface area (Å²) < 4.78 is 31.4. The van der Waals surface area contributed by atoms with E-state index in [1.54, 1.807) is 0 Å². The monoisotopic (exact) mass is 208 g/mol. The molecule has 1 aromatic rings. The Hall–Kier alpha value is -1.56. The zero-order chi connectivity index (χ0) is 11.1. The van der Waals surface area contributed by atoms with Crippen molar-refractivity contribution in [2.75, 3.05) is 7.11 Å². The van der Waals surface area contributed by atoms with E-state index in [4.69, 9.17) is 11.2 Å². The Balaban J connectivity index is 2.60. The molecule has 3 heteroatoms. The Morgan fingerprint density at radius 3 is 2.53 bits per heavy atom. The summed E-state index contributed by atoms with van der Waals surface area (Å²) in [6.07, 6.45) is 6.88. The molecule has 1 aromatic carbocycles. The van der Waals surface area contributed by atoms with Crippen molar-refractivity contribution in [3.8, 4) is 18.1 Å². The molecule has 0 heterocycles. The first-order valence-electron chi connectivity index (χ1n) is 4.64. The predicted octanol–water partition coefficient (Wildman–Crippen LogP) is 2.64. The van der Waals surface area contributed by atoms with E-state index in [0.717, 1.165) is 18.9 Å². The summed E-state index contributed by atoms with van der Waals surface area (Å²) in [6, 6.07) is 2.06. The Morgan fingerprint density at radius 2 is 2.07 bits per heavy atom. The summed E-state index contributed by atoms with van der Waals surface area (Å²) in [4.78, 5) is 0. The third kappa shape index (κ3) is 1.46. The summed E-state index contributed by atoms with van der Waals surface area (Å²) in [7, 11) is 1.35. The molecule has 0 spiro atoms. The first-order valence-corrected chi connectivity index (χ1v) is 4.64. The molecule has 1 nitrogen and oxygen atoms in total. The van der Waals surface area contributed by atoms with Crippen LogP contribution in [0.5, 0.6) is 5.75 Å². The van der Waals surface area contributed by atoms with Gasteiger partial charge in [0.25, 0.3) is 0 Å². The Morgan fingerprint density at radius 1 is 1.40 bits per heavy atom. The van der Waals surface area contributed by atoms with Crippen molar-refractivity contribution in [3.05, 3.63) is 29.3 Å². The van der Waals surface area contributed by atoms with Crippen molar-refractivity contribution in [1.82, 2.24) is 0 Å². The number of benzene rings is 1. The Kier molecular flexibility index (Phi) is 2.15. The number of rotatable bonds is 2. The van der Waals surface area contributed by atoms with E-state index < -0.39 is 17.0 Å². The molecule has 0 aromatic heterocycles. The molecule has 0 radical (unpaired) electrons. The van der Waals surface area contributed by atoms with Gasteiger partial charge in [-0.3, -0.25) is 0 Å². The van der Waals surface area contributed by atoms with E-state index in [9.17, 15) is 8.78 Å². The number of halogens is 2. The first kappa shape index (κ1) is 9.97. The number of ether oxygens (including phenoxy) is 1. The van der Waals surface area contributed by atoms with Gasteiger partial charge in [0.15, 0.2) is 11.6 Å². The fourth-order valence-electron chi connectivity index (χ4n) is 1.74. The molecule has 15 heavy (non-hydrogen) atoms. The molecule has 78 valence electrons. The van der Waals surface area contributed by atoms with Gasteiger partial charge in [-0.2, -0.15) is 0 Å². The summed E-state index contributed by atoms with van der Waals surface area (Å²) >= 11 is 0. The molecular weight excluding hydrogens is 198 g/mol. The molecule has 0 unspecified atom stereocenters. The summed E-state index contributed by atoms with van der Waals surface area (Å²) in [6.45, 7) is 0. The van der Waals surface area contributed by atoms with Crippen molar-refractivity contribution >= 4 is 0 Å². The van der Waals surface area contributed by atoms with Crippen molar-refractivity contribution in [2.45, 2.75) is 18.3 Å². The maximum absolute atomic E-state index is 13.4. The average molecular weight is 208 g/mol. The van der Waals surface area contributed by atoms with Gasteiger partial charge in [0.05, 0.1) is 12.5 Å². The number of hydrogen-bond acceptors (Lipinski definition) is 1. The zero-order valence-corrected chi connectivity index (χ0v) is 8.31. The summed E-state index contributed by atoms with van der Waals surface area (Å²) in [5, 5.41) is 0. The highest BCUT2D eigenvalue weighted by Gasteiger charge is 2.45. The molecule has 0 aliphatic heterocycles. The minimum absolute atomic E-state index is 0.0619. The van der Waals surface area contributed by atoms with Crippen LogP contribution in [-0.4, -0.2) is 7.11 Å². The minimum atomic E-state index is -0.700. The van der Waals surface area contributed by atoms with E-state index in [1.807, 2.05) is 0 Å². The number of terminal acetylenes is 1. The van der Waals surface area contributed by atoms with Gasteiger partial charge in [0, 0.05) is 11.6 Å². The maximum atomic E-state index is 13.4. The van der Waals surface area contributed by atoms with Crippen LogP contribution in [0.1, 0.15) is 18.4 Å². The molecule has 0 bridgehead atoms. The zero-order valence-electron chi connectivity index (χ0n) is 8.31. The molecule has 0 amide bonds. The van der Waals surface area contributed by atoms with Crippen LogP contribution < -0.4 is 4.74 Å². The number of hydrogen-bond donors (Lipinski definition) is 0. The molecule has 0 atom stereocenters. The second-order valence-electron chi connectivity index (χ2n) is 3.69. The van der Waals surface area contributed by atoms with Gasteiger partial charge in [0.2, 0.25) is 0 Å². The van der Waals surface area contributed by atoms with Crippen molar-refractivity contribution in [1.29, 1.82) is 0 Å². The van der Waals surface area contributed by atoms with Crippen LogP contribution in [0, 0.1) is 24.0 Å². The van der Waals surface area contributed by atoms with Gasteiger partial charge in [0.1, 0.15) is 5.82 Å². The highest BCUT2D eigenvalue weighted by atomic mass is 19.1. The van der Waals surface area contributed by atoms with Gasteiger partial charge in [-0.25, -0.2) is 8.78 Å². The minimum Gasteiger partial charge on any atom is -0.493 e. The SMILES string of the molecule is C#CC1(c2cc(F)cc(F)c2OC)CC1. The lowest BCUT2D eigenvalue weighted by Gasteiger charge is -2.14. The van der Waals surface area contributed by atoms with Crippen LogP contribution in [0.15, 0.2) is 12.1 Å².